The normalized spacial score (nSPS) is 10.9. The van der Waals surface area contributed by atoms with Gasteiger partial charge < -0.3 is 9.88 Å². The second-order valence-electron chi connectivity index (χ2n) is 4.19. The molecule has 4 heteroatoms. The summed E-state index contributed by atoms with van der Waals surface area (Å²) in [7, 11) is 0. The van der Waals surface area contributed by atoms with Crippen molar-refractivity contribution in [3.05, 3.63) is 40.1 Å². The maximum Gasteiger partial charge on any atom is 0.0951 e. The monoisotopic (exact) mass is 249 g/mol. The summed E-state index contributed by atoms with van der Waals surface area (Å²) in [6.45, 7) is 7.22. The van der Waals surface area contributed by atoms with Crippen molar-refractivity contribution in [3.63, 3.8) is 0 Å². The first kappa shape index (κ1) is 12.3. The Bertz CT molecular complexity index is 445. The summed E-state index contributed by atoms with van der Waals surface area (Å²) in [6.07, 6.45) is 3.05. The molecule has 0 spiro atoms. The summed E-state index contributed by atoms with van der Waals surface area (Å²) >= 11 is 1.83. The van der Waals surface area contributed by atoms with Gasteiger partial charge in [-0.25, -0.2) is 4.98 Å². The topological polar surface area (TPSA) is 29.9 Å². The third kappa shape index (κ3) is 3.41. The van der Waals surface area contributed by atoms with Crippen molar-refractivity contribution in [2.75, 3.05) is 13.1 Å². The predicted molar refractivity (Wildman–Crippen MR) is 72.6 cm³/mol. The largest absolute Gasteiger partial charge is 0.333 e. The fraction of sp³-hybridized carbons (Fsp3) is 0.462. The van der Waals surface area contributed by atoms with Crippen molar-refractivity contribution < 1.29 is 0 Å². The van der Waals surface area contributed by atoms with Crippen LogP contribution in [0.15, 0.2) is 23.8 Å². The van der Waals surface area contributed by atoms with Crippen LogP contribution in [0.5, 0.6) is 0 Å². The molecule has 92 valence electrons. The van der Waals surface area contributed by atoms with E-state index in [1.807, 2.05) is 17.7 Å². The minimum atomic E-state index is 0.997. The van der Waals surface area contributed by atoms with Crippen molar-refractivity contribution in [3.8, 4) is 0 Å². The molecule has 2 aromatic heterocycles. The maximum atomic E-state index is 4.29. The molecular formula is C13H19N3S. The zero-order valence-electron chi connectivity index (χ0n) is 10.4. The van der Waals surface area contributed by atoms with Crippen molar-refractivity contribution in [2.24, 2.45) is 0 Å². The van der Waals surface area contributed by atoms with Crippen LogP contribution >= 0.6 is 11.3 Å². The highest BCUT2D eigenvalue weighted by Crippen LogP contribution is 2.08. The van der Waals surface area contributed by atoms with E-state index in [0.29, 0.717) is 0 Å². The summed E-state index contributed by atoms with van der Waals surface area (Å²) in [4.78, 5) is 5.74. The van der Waals surface area contributed by atoms with E-state index in [4.69, 9.17) is 0 Å². The standard InChI is InChI=1S/C13H19N3S/c1-11-12(2)16(10-15-11)8-7-14-6-5-13-4-3-9-17-13/h3-4,9-10,14H,5-8H2,1-2H3. The molecule has 0 aliphatic heterocycles. The fourth-order valence-electron chi connectivity index (χ4n) is 1.76. The van der Waals surface area contributed by atoms with Gasteiger partial charge in [0.2, 0.25) is 0 Å². The number of nitrogens with zero attached hydrogens (tertiary/aromatic N) is 2. The van der Waals surface area contributed by atoms with Crippen LogP contribution < -0.4 is 5.32 Å². The van der Waals surface area contributed by atoms with Crippen LogP contribution in [0, 0.1) is 13.8 Å². The summed E-state index contributed by atoms with van der Waals surface area (Å²) in [5.41, 5.74) is 2.40. The number of rotatable bonds is 6. The van der Waals surface area contributed by atoms with Gasteiger partial charge in [0.1, 0.15) is 0 Å². The number of nitrogens with one attached hydrogen (secondary N) is 1. The maximum absolute atomic E-state index is 4.29. The Labute approximate surface area is 107 Å². The molecular weight excluding hydrogens is 230 g/mol. The fourth-order valence-corrected chi connectivity index (χ4v) is 2.47. The van der Waals surface area contributed by atoms with Crippen LogP contribution in [0.25, 0.3) is 0 Å². The lowest BCUT2D eigenvalue weighted by Crippen LogP contribution is -2.22. The van der Waals surface area contributed by atoms with Gasteiger partial charge in [-0.15, -0.1) is 11.3 Å². The van der Waals surface area contributed by atoms with Gasteiger partial charge >= 0.3 is 0 Å². The van der Waals surface area contributed by atoms with Gasteiger partial charge in [0.25, 0.3) is 0 Å². The zero-order valence-corrected chi connectivity index (χ0v) is 11.3. The molecule has 2 aromatic rings. The molecule has 0 fully saturated rings. The van der Waals surface area contributed by atoms with Crippen LogP contribution in [-0.2, 0) is 13.0 Å². The van der Waals surface area contributed by atoms with Gasteiger partial charge in [-0.05, 0) is 31.7 Å². The summed E-state index contributed by atoms with van der Waals surface area (Å²) in [5, 5.41) is 5.60. The van der Waals surface area contributed by atoms with E-state index in [0.717, 1.165) is 31.7 Å². The minimum absolute atomic E-state index is 0.997. The van der Waals surface area contributed by atoms with Crippen molar-refractivity contribution >= 4 is 11.3 Å². The lowest BCUT2D eigenvalue weighted by atomic mass is 10.3. The lowest BCUT2D eigenvalue weighted by Gasteiger charge is -2.06. The van der Waals surface area contributed by atoms with E-state index < -0.39 is 0 Å². The number of imidazole rings is 1. The van der Waals surface area contributed by atoms with Crippen molar-refractivity contribution in [1.29, 1.82) is 0 Å². The molecule has 3 nitrogen and oxygen atoms in total. The molecule has 0 aliphatic rings. The van der Waals surface area contributed by atoms with E-state index in [1.54, 1.807) is 0 Å². The van der Waals surface area contributed by atoms with E-state index in [2.05, 4.69) is 46.2 Å². The highest BCUT2D eigenvalue weighted by molar-refractivity contribution is 7.09. The Morgan fingerprint density at radius 2 is 2.24 bits per heavy atom. The molecule has 0 atom stereocenters. The van der Waals surface area contributed by atoms with Crippen molar-refractivity contribution in [2.45, 2.75) is 26.8 Å². The second-order valence-corrected chi connectivity index (χ2v) is 5.22. The SMILES string of the molecule is Cc1ncn(CCNCCc2cccs2)c1C. The first-order valence-corrected chi connectivity index (χ1v) is 6.87. The van der Waals surface area contributed by atoms with Gasteiger partial charge in [-0.3, -0.25) is 0 Å². The van der Waals surface area contributed by atoms with Gasteiger partial charge in [-0.1, -0.05) is 6.07 Å². The smallest absolute Gasteiger partial charge is 0.0951 e. The van der Waals surface area contributed by atoms with Crippen molar-refractivity contribution in [1.82, 2.24) is 14.9 Å². The molecule has 0 unspecified atom stereocenters. The Hall–Kier alpha value is -1.13. The Kier molecular flexibility index (Phi) is 4.34. The molecule has 0 radical (unpaired) electrons. The van der Waals surface area contributed by atoms with Gasteiger partial charge in [0.15, 0.2) is 0 Å². The molecule has 0 aromatic carbocycles. The first-order valence-electron chi connectivity index (χ1n) is 5.99. The summed E-state index contributed by atoms with van der Waals surface area (Å²) in [6, 6.07) is 4.30. The van der Waals surface area contributed by atoms with Crippen LogP contribution in [0.3, 0.4) is 0 Å². The second kappa shape index (κ2) is 5.98. The average molecular weight is 249 g/mol. The van der Waals surface area contributed by atoms with Crippen LogP contribution in [0.4, 0.5) is 0 Å². The molecule has 2 heterocycles. The van der Waals surface area contributed by atoms with E-state index in [1.165, 1.54) is 10.6 Å². The van der Waals surface area contributed by atoms with Gasteiger partial charge in [0.05, 0.1) is 12.0 Å². The number of thiophene rings is 1. The quantitative estimate of drug-likeness (QED) is 0.797. The molecule has 17 heavy (non-hydrogen) atoms. The minimum Gasteiger partial charge on any atom is -0.333 e. The van der Waals surface area contributed by atoms with Crippen LogP contribution in [-0.4, -0.2) is 22.6 Å². The Balaban J connectivity index is 1.65. The highest BCUT2D eigenvalue weighted by Gasteiger charge is 2.00. The molecule has 0 bridgehead atoms. The molecule has 0 aliphatic carbocycles. The molecule has 0 saturated carbocycles. The highest BCUT2D eigenvalue weighted by atomic mass is 32.1. The first-order chi connectivity index (χ1) is 8.27. The average Bonchev–Trinajstić information content (AvgIpc) is 2.93. The number of aryl methyl sites for hydroxylation is 1. The molecule has 0 saturated heterocycles. The lowest BCUT2D eigenvalue weighted by molar-refractivity contribution is 0.591. The van der Waals surface area contributed by atoms with Gasteiger partial charge in [0, 0.05) is 30.2 Å². The molecule has 2 rings (SSSR count). The van der Waals surface area contributed by atoms with Crippen LogP contribution in [0.2, 0.25) is 0 Å². The van der Waals surface area contributed by atoms with E-state index in [-0.39, 0.29) is 0 Å². The number of aromatic nitrogens is 2. The Morgan fingerprint density at radius 1 is 1.35 bits per heavy atom. The van der Waals surface area contributed by atoms with Crippen LogP contribution in [0.1, 0.15) is 16.3 Å². The molecule has 0 amide bonds. The van der Waals surface area contributed by atoms with E-state index >= 15 is 0 Å². The molecule has 1 N–H and O–H groups in total. The summed E-state index contributed by atoms with van der Waals surface area (Å²) in [5.74, 6) is 0. The number of hydrogen-bond acceptors (Lipinski definition) is 3. The Morgan fingerprint density at radius 3 is 2.88 bits per heavy atom. The zero-order chi connectivity index (χ0) is 12.1. The number of hydrogen-bond donors (Lipinski definition) is 1. The third-order valence-corrected chi connectivity index (χ3v) is 3.94. The summed E-state index contributed by atoms with van der Waals surface area (Å²) < 4.78 is 2.20. The van der Waals surface area contributed by atoms with E-state index in [9.17, 15) is 0 Å². The third-order valence-electron chi connectivity index (χ3n) is 3.00. The predicted octanol–water partition coefficient (Wildman–Crippen LogP) is 2.39. The van der Waals surface area contributed by atoms with Gasteiger partial charge in [-0.2, -0.15) is 0 Å².